The summed E-state index contributed by atoms with van der Waals surface area (Å²) in [5, 5.41) is 8.92. The Morgan fingerprint density at radius 1 is 1.50 bits per heavy atom. The molecule has 0 heterocycles. The summed E-state index contributed by atoms with van der Waals surface area (Å²) in [6, 6.07) is 0. The molecule has 14 heavy (non-hydrogen) atoms. The molecule has 0 aliphatic heterocycles. The van der Waals surface area contributed by atoms with Gasteiger partial charge in [0.05, 0.1) is 0 Å². The number of hydrogen-bond acceptors (Lipinski definition) is 1. The van der Waals surface area contributed by atoms with Gasteiger partial charge in [-0.05, 0) is 37.5 Å². The van der Waals surface area contributed by atoms with Crippen LogP contribution in [0.1, 0.15) is 47.0 Å². The van der Waals surface area contributed by atoms with E-state index in [4.69, 9.17) is 5.11 Å². The quantitative estimate of drug-likeness (QED) is 0.654. The van der Waals surface area contributed by atoms with Crippen LogP contribution < -0.4 is 0 Å². The highest BCUT2D eigenvalue weighted by atomic mass is 16.4. The number of hydrogen-bond donors (Lipinski definition) is 1. The average molecular weight is 196 g/mol. The van der Waals surface area contributed by atoms with Gasteiger partial charge in [-0.15, -0.1) is 0 Å². The number of carboxylic acids is 1. The van der Waals surface area contributed by atoms with Gasteiger partial charge >= 0.3 is 5.97 Å². The molecule has 80 valence electrons. The van der Waals surface area contributed by atoms with Gasteiger partial charge in [0.2, 0.25) is 0 Å². The minimum Gasteiger partial charge on any atom is -0.478 e. The minimum absolute atomic E-state index is 0.377. The Labute approximate surface area is 86.0 Å². The molecule has 0 spiro atoms. The first-order valence-electron chi connectivity index (χ1n) is 5.26. The number of aliphatic carboxylic acids is 1. The normalized spacial score (nSPS) is 29.9. The standard InChI is InChI=1S/C12H20O2/c1-8-7-12(3,4)6-5-10(8)9(2)11(13)14/h8H,5-7H2,1-4H3,(H,13,14). The van der Waals surface area contributed by atoms with Gasteiger partial charge in [-0.2, -0.15) is 0 Å². The Hall–Kier alpha value is -0.790. The zero-order chi connectivity index (χ0) is 10.9. The van der Waals surface area contributed by atoms with Crippen LogP contribution in [0.4, 0.5) is 0 Å². The predicted molar refractivity (Wildman–Crippen MR) is 57.1 cm³/mol. The second-order valence-electron chi connectivity index (χ2n) is 5.22. The lowest BCUT2D eigenvalue weighted by Crippen LogP contribution is -2.24. The third-order valence-corrected chi connectivity index (χ3v) is 3.33. The molecule has 1 rings (SSSR count). The maximum absolute atomic E-state index is 10.8. The van der Waals surface area contributed by atoms with E-state index in [0.29, 0.717) is 16.9 Å². The fourth-order valence-corrected chi connectivity index (χ4v) is 2.47. The van der Waals surface area contributed by atoms with Crippen LogP contribution in [0.2, 0.25) is 0 Å². The number of carboxylic acid groups (broad SMARTS) is 1. The Morgan fingerprint density at radius 2 is 2.07 bits per heavy atom. The van der Waals surface area contributed by atoms with E-state index in [1.165, 1.54) is 0 Å². The number of rotatable bonds is 1. The van der Waals surface area contributed by atoms with Crippen molar-refractivity contribution in [2.24, 2.45) is 11.3 Å². The third kappa shape index (κ3) is 2.37. The molecule has 1 aliphatic carbocycles. The van der Waals surface area contributed by atoms with Gasteiger partial charge in [0.15, 0.2) is 0 Å². The zero-order valence-corrected chi connectivity index (χ0v) is 9.55. The highest BCUT2D eigenvalue weighted by Crippen LogP contribution is 2.42. The van der Waals surface area contributed by atoms with Crippen LogP contribution in [-0.4, -0.2) is 11.1 Å². The van der Waals surface area contributed by atoms with Crippen molar-refractivity contribution in [2.45, 2.75) is 47.0 Å². The fourth-order valence-electron chi connectivity index (χ4n) is 2.47. The van der Waals surface area contributed by atoms with Crippen molar-refractivity contribution in [3.05, 3.63) is 11.1 Å². The van der Waals surface area contributed by atoms with Crippen molar-refractivity contribution in [2.75, 3.05) is 0 Å². The van der Waals surface area contributed by atoms with Crippen molar-refractivity contribution in [1.82, 2.24) is 0 Å². The monoisotopic (exact) mass is 196 g/mol. The average Bonchev–Trinajstić information content (AvgIpc) is 2.01. The fraction of sp³-hybridized carbons (Fsp3) is 0.750. The first kappa shape index (κ1) is 11.3. The maximum Gasteiger partial charge on any atom is 0.331 e. The lowest BCUT2D eigenvalue weighted by Gasteiger charge is -2.36. The summed E-state index contributed by atoms with van der Waals surface area (Å²) < 4.78 is 0. The van der Waals surface area contributed by atoms with Crippen molar-refractivity contribution < 1.29 is 9.90 Å². The van der Waals surface area contributed by atoms with Crippen LogP contribution in [0.25, 0.3) is 0 Å². The van der Waals surface area contributed by atoms with E-state index in [1.807, 2.05) is 0 Å². The molecule has 0 aromatic rings. The molecule has 0 aromatic carbocycles. The number of allylic oxidation sites excluding steroid dienone is 1. The molecular weight excluding hydrogens is 176 g/mol. The molecule has 1 aliphatic rings. The van der Waals surface area contributed by atoms with Crippen LogP contribution in [0.3, 0.4) is 0 Å². The number of carbonyl (C=O) groups is 1. The molecule has 0 saturated heterocycles. The topological polar surface area (TPSA) is 37.3 Å². The highest BCUT2D eigenvalue weighted by Gasteiger charge is 2.30. The van der Waals surface area contributed by atoms with Crippen molar-refractivity contribution in [3.63, 3.8) is 0 Å². The molecular formula is C12H20O2. The van der Waals surface area contributed by atoms with Crippen molar-refractivity contribution >= 4 is 5.97 Å². The van der Waals surface area contributed by atoms with Crippen molar-refractivity contribution in [3.8, 4) is 0 Å². The highest BCUT2D eigenvalue weighted by molar-refractivity contribution is 5.86. The lowest BCUT2D eigenvalue weighted by atomic mass is 9.69. The molecule has 1 atom stereocenters. The van der Waals surface area contributed by atoms with Gasteiger partial charge in [-0.3, -0.25) is 0 Å². The molecule has 1 fully saturated rings. The largest absolute Gasteiger partial charge is 0.478 e. The molecule has 0 aromatic heterocycles. The van der Waals surface area contributed by atoms with E-state index in [0.717, 1.165) is 24.8 Å². The van der Waals surface area contributed by atoms with Gasteiger partial charge in [-0.1, -0.05) is 26.3 Å². The van der Waals surface area contributed by atoms with Gasteiger partial charge in [0, 0.05) is 5.57 Å². The Kier molecular flexibility index (Phi) is 3.03. The van der Waals surface area contributed by atoms with Gasteiger partial charge < -0.3 is 5.11 Å². The summed E-state index contributed by atoms with van der Waals surface area (Å²) in [4.78, 5) is 10.8. The van der Waals surface area contributed by atoms with E-state index in [-0.39, 0.29) is 0 Å². The first-order valence-corrected chi connectivity index (χ1v) is 5.26. The summed E-state index contributed by atoms with van der Waals surface area (Å²) in [6.45, 7) is 8.39. The van der Waals surface area contributed by atoms with Gasteiger partial charge in [0.25, 0.3) is 0 Å². The summed E-state index contributed by atoms with van der Waals surface area (Å²) >= 11 is 0. The SMILES string of the molecule is CC(C(=O)O)=C1CCC(C)(C)CC1C. The van der Waals surface area contributed by atoms with E-state index >= 15 is 0 Å². The van der Waals surface area contributed by atoms with E-state index in [1.54, 1.807) is 6.92 Å². The van der Waals surface area contributed by atoms with Crippen LogP contribution >= 0.6 is 0 Å². The zero-order valence-electron chi connectivity index (χ0n) is 9.55. The van der Waals surface area contributed by atoms with E-state index in [9.17, 15) is 4.79 Å². The van der Waals surface area contributed by atoms with Gasteiger partial charge in [0.1, 0.15) is 0 Å². The first-order chi connectivity index (χ1) is 6.33. The Bertz CT molecular complexity index is 274. The van der Waals surface area contributed by atoms with Crippen LogP contribution in [0.5, 0.6) is 0 Å². The van der Waals surface area contributed by atoms with Crippen LogP contribution in [-0.2, 0) is 4.79 Å². The molecule has 0 amide bonds. The molecule has 0 radical (unpaired) electrons. The summed E-state index contributed by atoms with van der Waals surface area (Å²) in [5.74, 6) is -0.332. The van der Waals surface area contributed by atoms with Crippen molar-refractivity contribution in [1.29, 1.82) is 0 Å². The Balaban J connectivity index is 2.86. The molecule has 1 saturated carbocycles. The molecule has 1 N–H and O–H groups in total. The van der Waals surface area contributed by atoms with Gasteiger partial charge in [-0.25, -0.2) is 4.79 Å². The second kappa shape index (κ2) is 3.76. The lowest BCUT2D eigenvalue weighted by molar-refractivity contribution is -0.132. The summed E-state index contributed by atoms with van der Waals surface area (Å²) in [5.41, 5.74) is 2.09. The third-order valence-electron chi connectivity index (χ3n) is 3.33. The Morgan fingerprint density at radius 3 is 2.50 bits per heavy atom. The van der Waals surface area contributed by atoms with Crippen LogP contribution in [0, 0.1) is 11.3 Å². The molecule has 2 heteroatoms. The van der Waals surface area contributed by atoms with Crippen LogP contribution in [0.15, 0.2) is 11.1 Å². The summed E-state index contributed by atoms with van der Waals surface area (Å²) in [6.07, 6.45) is 3.16. The molecule has 2 nitrogen and oxygen atoms in total. The van der Waals surface area contributed by atoms with E-state index in [2.05, 4.69) is 20.8 Å². The second-order valence-corrected chi connectivity index (χ2v) is 5.22. The van der Waals surface area contributed by atoms with E-state index < -0.39 is 5.97 Å². The minimum atomic E-state index is -0.758. The molecule has 0 bridgehead atoms. The molecule has 1 unspecified atom stereocenters. The summed E-state index contributed by atoms with van der Waals surface area (Å²) in [7, 11) is 0. The maximum atomic E-state index is 10.8. The predicted octanol–water partition coefficient (Wildman–Crippen LogP) is 3.23. The smallest absolute Gasteiger partial charge is 0.331 e.